The number of rotatable bonds is 4. The van der Waals surface area contributed by atoms with E-state index in [-0.39, 0.29) is 0 Å². The molecule has 0 spiro atoms. The SMILES string of the molecule is CC1C[C]2([Cr]([C]34CCC(C)(C(C)C3)C4C)([C]34CCC(C)(C(C)C3)C4C)[C]34CCC(C)(C(C)C3)C4C)CCC1(C)C2C. The predicted octanol–water partition coefficient (Wildman–Crippen LogP) is 12.7. The maximum atomic E-state index is 2.90. The Hall–Kier alpha value is 0.532. The molecule has 0 aromatic rings. The average Bonchev–Trinajstić information content (AvgIpc) is 3.69. The number of hydrogen-bond acceptors (Lipinski definition) is 0. The topological polar surface area (TPSA) is 0 Å². The third-order valence-corrected chi connectivity index (χ3v) is 33.2. The van der Waals surface area contributed by atoms with Crippen LogP contribution in [-0.2, 0) is 13.1 Å². The summed E-state index contributed by atoms with van der Waals surface area (Å²) in [5.74, 6) is 7.50. The predicted molar refractivity (Wildman–Crippen MR) is 172 cm³/mol. The van der Waals surface area contributed by atoms with Crippen molar-refractivity contribution in [3.05, 3.63) is 0 Å². The Bertz CT molecular complexity index is 992. The van der Waals surface area contributed by atoms with Crippen LogP contribution in [-0.4, -0.2) is 0 Å². The van der Waals surface area contributed by atoms with E-state index in [4.69, 9.17) is 0 Å². The summed E-state index contributed by atoms with van der Waals surface area (Å²) < 4.78 is 2.73. The van der Waals surface area contributed by atoms with Crippen molar-refractivity contribution in [3.8, 4) is 0 Å². The number of hydrogen-bond donors (Lipinski definition) is 0. The van der Waals surface area contributed by atoms with Crippen LogP contribution in [0, 0.1) is 69.0 Å². The summed E-state index contributed by atoms with van der Waals surface area (Å²) in [5.41, 5.74) is 2.36. The zero-order valence-electron chi connectivity index (χ0n) is 29.5. The van der Waals surface area contributed by atoms with Gasteiger partial charge in [0.1, 0.15) is 0 Å². The molecule has 0 heterocycles. The molecule has 8 rings (SSSR count). The number of fused-ring (bicyclic) bond motifs is 8. The summed E-state index contributed by atoms with van der Waals surface area (Å²) in [5, 5.41) is 0. The standard InChI is InChI=1S/4C10H17.Cr/c4*1-7-6-9-4-5-10(7,3)8(9)2;/h4*7-8H,4-6H2,1-3H3;. The second kappa shape index (κ2) is 7.73. The van der Waals surface area contributed by atoms with Gasteiger partial charge in [-0.05, 0) is 0 Å². The third-order valence-electron chi connectivity index (χ3n) is 21.0. The molecule has 8 bridgehead atoms. The Morgan fingerprint density at radius 3 is 0.659 bits per heavy atom. The fourth-order valence-electron chi connectivity index (χ4n) is 17.5. The van der Waals surface area contributed by atoms with E-state index in [2.05, 4.69) is 83.1 Å². The molecule has 0 aromatic heterocycles. The minimum atomic E-state index is -2.43. The van der Waals surface area contributed by atoms with Crippen molar-refractivity contribution in [2.24, 2.45) is 69.0 Å². The molecule has 0 saturated heterocycles. The molecule has 16 atom stereocenters. The molecule has 8 saturated carbocycles. The molecule has 8 fully saturated rings. The first-order valence-corrected chi connectivity index (χ1v) is 21.3. The molecule has 0 amide bonds. The first kappa shape index (κ1) is 29.0. The summed E-state index contributed by atoms with van der Waals surface area (Å²) in [6, 6.07) is 0. The second-order valence-electron chi connectivity index (χ2n) is 20.2. The molecule has 0 radical (unpaired) electrons. The van der Waals surface area contributed by atoms with Gasteiger partial charge in [0.15, 0.2) is 0 Å². The first-order chi connectivity index (χ1) is 19.0. The molecule has 8 aliphatic carbocycles. The van der Waals surface area contributed by atoms with Crippen LogP contribution in [0.25, 0.3) is 0 Å². The molecule has 0 aliphatic heterocycles. The summed E-state index contributed by atoms with van der Waals surface area (Å²) in [6.07, 6.45) is 19.3. The van der Waals surface area contributed by atoms with E-state index >= 15 is 0 Å². The van der Waals surface area contributed by atoms with Gasteiger partial charge in [-0.1, -0.05) is 0 Å². The van der Waals surface area contributed by atoms with Gasteiger partial charge >= 0.3 is 259 Å². The fourth-order valence-corrected chi connectivity index (χ4v) is 35.7. The van der Waals surface area contributed by atoms with Crippen LogP contribution in [0.4, 0.5) is 0 Å². The van der Waals surface area contributed by atoms with E-state index in [1.54, 1.807) is 77.0 Å². The van der Waals surface area contributed by atoms with Gasteiger partial charge in [-0.2, -0.15) is 0 Å². The molecule has 8 aliphatic rings. The molecular weight excluding hydrogens is 532 g/mol. The monoisotopic (exact) mass is 600 g/mol. The van der Waals surface area contributed by atoms with E-state index < -0.39 is 13.1 Å². The van der Waals surface area contributed by atoms with Crippen LogP contribution in [0.3, 0.4) is 0 Å². The Balaban J connectivity index is 1.54. The normalized spacial score (nSPS) is 69.6. The van der Waals surface area contributed by atoms with Crippen LogP contribution < -0.4 is 0 Å². The summed E-state index contributed by atoms with van der Waals surface area (Å²) >= 11 is -2.43. The van der Waals surface area contributed by atoms with E-state index in [9.17, 15) is 0 Å². The summed E-state index contributed by atoms with van der Waals surface area (Å²) in [6.45, 7) is 33.9. The third kappa shape index (κ3) is 2.46. The molecular formula is C40H68Cr. The van der Waals surface area contributed by atoms with Crippen LogP contribution in [0.2, 0.25) is 17.1 Å². The van der Waals surface area contributed by atoms with Crippen molar-refractivity contribution < 1.29 is 13.1 Å². The Kier molecular flexibility index (Phi) is 5.46. The second-order valence-corrected chi connectivity index (χ2v) is 27.2. The Morgan fingerprint density at radius 1 is 0.341 bits per heavy atom. The Labute approximate surface area is 258 Å². The average molecular weight is 601 g/mol. The summed E-state index contributed by atoms with van der Waals surface area (Å²) in [4.78, 5) is 0. The van der Waals surface area contributed by atoms with Crippen LogP contribution in [0.5, 0.6) is 0 Å². The fraction of sp³-hybridized carbons (Fsp3) is 1.00. The minimum absolute atomic E-state index is 0.590. The first-order valence-electron chi connectivity index (χ1n) is 18.8. The molecule has 0 nitrogen and oxygen atoms in total. The zero-order valence-corrected chi connectivity index (χ0v) is 30.8. The van der Waals surface area contributed by atoms with Gasteiger partial charge < -0.3 is 0 Å². The van der Waals surface area contributed by atoms with Gasteiger partial charge in [-0.25, -0.2) is 0 Å². The van der Waals surface area contributed by atoms with Crippen molar-refractivity contribution in [2.45, 2.75) is 177 Å². The van der Waals surface area contributed by atoms with Gasteiger partial charge in [-0.15, -0.1) is 0 Å². The van der Waals surface area contributed by atoms with Crippen molar-refractivity contribution in [2.75, 3.05) is 0 Å². The van der Waals surface area contributed by atoms with Crippen molar-refractivity contribution >= 4 is 0 Å². The van der Waals surface area contributed by atoms with Gasteiger partial charge in [-0.3, -0.25) is 0 Å². The molecule has 0 aromatic carbocycles. The molecule has 41 heavy (non-hydrogen) atoms. The van der Waals surface area contributed by atoms with Crippen molar-refractivity contribution in [1.82, 2.24) is 0 Å². The van der Waals surface area contributed by atoms with Gasteiger partial charge in [0.25, 0.3) is 0 Å². The van der Waals surface area contributed by atoms with Gasteiger partial charge in [0.2, 0.25) is 0 Å². The van der Waals surface area contributed by atoms with Crippen molar-refractivity contribution in [1.29, 1.82) is 0 Å². The molecule has 234 valence electrons. The van der Waals surface area contributed by atoms with E-state index in [1.165, 1.54) is 0 Å². The Morgan fingerprint density at radius 2 is 0.537 bits per heavy atom. The van der Waals surface area contributed by atoms with Crippen LogP contribution >= 0.6 is 0 Å². The van der Waals surface area contributed by atoms with Gasteiger partial charge in [0, 0.05) is 0 Å². The summed E-state index contributed by atoms with van der Waals surface area (Å²) in [7, 11) is 0. The molecule has 1 heteroatoms. The maximum absolute atomic E-state index is 2.90. The van der Waals surface area contributed by atoms with E-state index in [0.29, 0.717) is 38.8 Å². The quantitative estimate of drug-likeness (QED) is 0.301. The van der Waals surface area contributed by atoms with Crippen LogP contribution in [0.1, 0.15) is 160 Å². The van der Waals surface area contributed by atoms with Crippen LogP contribution in [0.15, 0.2) is 0 Å². The molecule has 0 N–H and O–H groups in total. The zero-order chi connectivity index (χ0) is 29.6. The molecule has 16 unspecified atom stereocenters. The van der Waals surface area contributed by atoms with Crippen molar-refractivity contribution in [3.63, 3.8) is 0 Å². The van der Waals surface area contributed by atoms with E-state index in [1.807, 2.05) is 0 Å². The van der Waals surface area contributed by atoms with E-state index in [0.717, 1.165) is 47.3 Å². The van der Waals surface area contributed by atoms with Gasteiger partial charge in [0.05, 0.1) is 0 Å².